The number of allylic oxidation sites excluding steroid dienone is 1. The minimum Gasteiger partial charge on any atom is -0.504 e. The van der Waals surface area contributed by atoms with Crippen LogP contribution in [-0.4, -0.2) is 26.1 Å². The largest absolute Gasteiger partial charge is 0.504 e. The predicted octanol–water partition coefficient (Wildman–Crippen LogP) is 3.79. The van der Waals surface area contributed by atoms with Crippen LogP contribution in [0.3, 0.4) is 0 Å². The summed E-state index contributed by atoms with van der Waals surface area (Å²) in [5.74, 6) is -0.540. The maximum atomic E-state index is 12.6. The van der Waals surface area contributed by atoms with Crippen LogP contribution in [0.1, 0.15) is 33.1 Å². The number of H-pyrrole nitrogens is 1. The first-order valence-corrected chi connectivity index (χ1v) is 7.37. The summed E-state index contributed by atoms with van der Waals surface area (Å²) in [5, 5.41) is 15.8. The van der Waals surface area contributed by atoms with Crippen LogP contribution >= 0.6 is 0 Å². The molecular formula is C17H12F3N3O3. The Labute approximate surface area is 145 Å². The number of aromatic amines is 1. The lowest BCUT2D eigenvalue weighted by atomic mass is 10.1. The van der Waals surface area contributed by atoms with Crippen LogP contribution in [0.2, 0.25) is 0 Å². The average Bonchev–Trinajstić information content (AvgIpc) is 3.26. The number of aromatic nitrogens is 3. The van der Waals surface area contributed by atoms with Gasteiger partial charge in [0.25, 0.3) is 0 Å². The molecule has 3 aromatic rings. The minimum atomic E-state index is -4.39. The number of nitrogens with zero attached hydrogens (tertiary/aromatic N) is 2. The summed E-state index contributed by atoms with van der Waals surface area (Å²) in [4.78, 5) is 15.8. The van der Waals surface area contributed by atoms with Crippen LogP contribution in [0.4, 0.5) is 13.2 Å². The topological polar surface area (TPSA) is 92.0 Å². The molecule has 0 aliphatic rings. The van der Waals surface area contributed by atoms with Crippen molar-refractivity contribution in [1.82, 2.24) is 15.2 Å². The van der Waals surface area contributed by atoms with Crippen LogP contribution in [-0.2, 0) is 12.6 Å². The van der Waals surface area contributed by atoms with Crippen LogP contribution in [0, 0.1) is 0 Å². The van der Waals surface area contributed by atoms with Gasteiger partial charge in [-0.3, -0.25) is 9.89 Å². The molecule has 0 unspecified atom stereocenters. The molecule has 6 nitrogen and oxygen atoms in total. The summed E-state index contributed by atoms with van der Waals surface area (Å²) in [6, 6.07) is 6.13. The lowest BCUT2D eigenvalue weighted by molar-refractivity contribution is -0.137. The van der Waals surface area contributed by atoms with Gasteiger partial charge in [-0.25, -0.2) is 4.98 Å². The second kappa shape index (κ2) is 6.87. The molecule has 0 saturated carbocycles. The van der Waals surface area contributed by atoms with Crippen molar-refractivity contribution in [1.29, 1.82) is 0 Å². The molecule has 0 fully saturated rings. The number of carbonyl (C=O) groups is 1. The van der Waals surface area contributed by atoms with Crippen molar-refractivity contribution < 1.29 is 27.5 Å². The van der Waals surface area contributed by atoms with Gasteiger partial charge in [-0.15, -0.1) is 0 Å². The summed E-state index contributed by atoms with van der Waals surface area (Å²) >= 11 is 0. The third-order valence-corrected chi connectivity index (χ3v) is 3.51. The third kappa shape index (κ3) is 4.00. The van der Waals surface area contributed by atoms with Gasteiger partial charge in [0.05, 0.1) is 11.1 Å². The quantitative estimate of drug-likeness (QED) is 0.409. The van der Waals surface area contributed by atoms with E-state index in [0.717, 1.165) is 18.2 Å². The van der Waals surface area contributed by atoms with Gasteiger partial charge in [0.1, 0.15) is 18.4 Å². The highest BCUT2D eigenvalue weighted by Gasteiger charge is 2.29. The van der Waals surface area contributed by atoms with Crippen LogP contribution in [0.15, 0.2) is 53.4 Å². The maximum absolute atomic E-state index is 12.6. The van der Waals surface area contributed by atoms with Crippen LogP contribution in [0.5, 0.6) is 0 Å². The molecule has 26 heavy (non-hydrogen) atoms. The second-order valence-corrected chi connectivity index (χ2v) is 5.39. The van der Waals surface area contributed by atoms with Crippen LogP contribution in [0.25, 0.3) is 5.76 Å². The molecule has 0 spiro atoms. The number of hydrogen-bond acceptors (Lipinski definition) is 5. The van der Waals surface area contributed by atoms with E-state index in [1.807, 2.05) is 0 Å². The number of hydrogen-bond donors (Lipinski definition) is 2. The standard InChI is InChI=1S/C17H12F3N3O3/c18-17(19,20)12-3-1-10(2-4-12)5-13-6-11(8-26-13)14(24)7-15(25)16-21-9-22-23-16/h1-4,6-9,25H,5H2,(H,21,22,23). The third-order valence-electron chi connectivity index (χ3n) is 3.51. The lowest BCUT2D eigenvalue weighted by Crippen LogP contribution is -2.04. The van der Waals surface area contributed by atoms with E-state index < -0.39 is 23.3 Å². The normalized spacial score (nSPS) is 12.3. The molecule has 0 radical (unpaired) electrons. The summed E-state index contributed by atoms with van der Waals surface area (Å²) in [5.41, 5.74) is 0.0589. The van der Waals surface area contributed by atoms with E-state index in [0.29, 0.717) is 11.3 Å². The molecule has 3 rings (SSSR count). The molecule has 0 aliphatic carbocycles. The molecule has 0 amide bonds. The number of aliphatic hydroxyl groups is 1. The molecule has 0 saturated heterocycles. The second-order valence-electron chi connectivity index (χ2n) is 5.39. The predicted molar refractivity (Wildman–Crippen MR) is 84.3 cm³/mol. The van der Waals surface area contributed by atoms with Crippen molar-refractivity contribution in [3.05, 3.63) is 77.3 Å². The first-order valence-electron chi connectivity index (χ1n) is 7.37. The van der Waals surface area contributed by atoms with Crippen molar-refractivity contribution in [3.8, 4) is 0 Å². The van der Waals surface area contributed by atoms with Gasteiger partial charge in [0.15, 0.2) is 11.5 Å². The number of nitrogens with one attached hydrogen (secondary N) is 1. The molecule has 1 aromatic carbocycles. The minimum absolute atomic E-state index is 0.0215. The zero-order chi connectivity index (χ0) is 18.7. The number of furan rings is 1. The van der Waals surface area contributed by atoms with Gasteiger partial charge in [0.2, 0.25) is 5.82 Å². The van der Waals surface area contributed by atoms with Gasteiger partial charge in [-0.1, -0.05) is 12.1 Å². The molecule has 0 aliphatic heterocycles. The van der Waals surface area contributed by atoms with Crippen molar-refractivity contribution in [2.75, 3.05) is 0 Å². The first kappa shape index (κ1) is 17.5. The van der Waals surface area contributed by atoms with E-state index >= 15 is 0 Å². The number of carbonyl (C=O) groups excluding carboxylic acids is 1. The smallest absolute Gasteiger partial charge is 0.416 e. The number of ketones is 1. The monoisotopic (exact) mass is 363 g/mol. The Morgan fingerprint density at radius 1 is 1.27 bits per heavy atom. The van der Waals surface area contributed by atoms with Gasteiger partial charge >= 0.3 is 6.18 Å². The van der Waals surface area contributed by atoms with Gasteiger partial charge in [-0.2, -0.15) is 18.3 Å². The molecule has 134 valence electrons. The fourth-order valence-electron chi connectivity index (χ4n) is 2.22. The van der Waals surface area contributed by atoms with E-state index in [2.05, 4.69) is 15.2 Å². The number of aliphatic hydroxyl groups excluding tert-OH is 1. The Hall–Kier alpha value is -3.36. The van der Waals surface area contributed by atoms with E-state index in [1.165, 1.54) is 30.8 Å². The number of rotatable bonds is 5. The van der Waals surface area contributed by atoms with Crippen molar-refractivity contribution in [2.45, 2.75) is 12.6 Å². The number of alkyl halides is 3. The highest BCUT2D eigenvalue weighted by Crippen LogP contribution is 2.29. The zero-order valence-corrected chi connectivity index (χ0v) is 13.1. The van der Waals surface area contributed by atoms with Crippen molar-refractivity contribution in [3.63, 3.8) is 0 Å². The number of halogens is 3. The Kier molecular flexibility index (Phi) is 4.61. The van der Waals surface area contributed by atoms with E-state index in [9.17, 15) is 23.1 Å². The summed E-state index contributed by atoms with van der Waals surface area (Å²) in [6.45, 7) is 0. The maximum Gasteiger partial charge on any atom is 0.416 e. The molecule has 2 aromatic heterocycles. The fraction of sp³-hybridized carbons (Fsp3) is 0.118. The van der Waals surface area contributed by atoms with Crippen LogP contribution < -0.4 is 0 Å². The SMILES string of the molecule is O=C(C=C(O)c1nc[nH]n1)c1coc(Cc2ccc(C(F)(F)F)cc2)c1. The summed E-state index contributed by atoms with van der Waals surface area (Å²) in [6.07, 6.45) is -0.744. The van der Waals surface area contributed by atoms with E-state index in [1.54, 1.807) is 0 Å². The molecule has 2 heterocycles. The fourth-order valence-corrected chi connectivity index (χ4v) is 2.22. The molecule has 0 bridgehead atoms. The zero-order valence-electron chi connectivity index (χ0n) is 13.1. The Bertz CT molecular complexity index is 926. The van der Waals surface area contributed by atoms with Gasteiger partial charge in [-0.05, 0) is 23.8 Å². The molecule has 9 heteroatoms. The highest BCUT2D eigenvalue weighted by atomic mass is 19.4. The van der Waals surface area contributed by atoms with Crippen molar-refractivity contribution in [2.24, 2.45) is 0 Å². The molecule has 0 atom stereocenters. The van der Waals surface area contributed by atoms with E-state index in [4.69, 9.17) is 4.42 Å². The Balaban J connectivity index is 1.70. The number of benzene rings is 1. The first-order chi connectivity index (χ1) is 12.3. The Morgan fingerprint density at radius 3 is 2.62 bits per heavy atom. The average molecular weight is 363 g/mol. The summed E-state index contributed by atoms with van der Waals surface area (Å²) < 4.78 is 42.9. The van der Waals surface area contributed by atoms with Gasteiger partial charge in [0, 0.05) is 12.5 Å². The van der Waals surface area contributed by atoms with Gasteiger partial charge < -0.3 is 9.52 Å². The highest BCUT2D eigenvalue weighted by molar-refractivity contribution is 6.07. The molecular weight excluding hydrogens is 351 g/mol. The Morgan fingerprint density at radius 2 is 2.00 bits per heavy atom. The molecule has 2 N–H and O–H groups in total. The van der Waals surface area contributed by atoms with E-state index in [-0.39, 0.29) is 17.8 Å². The lowest BCUT2D eigenvalue weighted by Gasteiger charge is -2.06. The summed E-state index contributed by atoms with van der Waals surface area (Å²) in [7, 11) is 0. The van der Waals surface area contributed by atoms with Crippen molar-refractivity contribution >= 4 is 11.5 Å².